The molecule has 2 N–H and O–H groups in total. The molecule has 0 radical (unpaired) electrons. The number of oxazole rings is 1. The first-order chi connectivity index (χ1) is 9.83. The maximum Gasteiger partial charge on any atom is 0.232 e. The molecule has 0 saturated heterocycles. The van der Waals surface area contributed by atoms with E-state index in [4.69, 9.17) is 14.9 Å². The third-order valence-corrected chi connectivity index (χ3v) is 2.88. The Bertz CT molecular complexity index is 692. The molecular formula is C16H14N2O2. The number of ether oxygens (including phenoxy) is 1. The summed E-state index contributed by atoms with van der Waals surface area (Å²) in [5.74, 6) is 1.88. The zero-order chi connectivity index (χ0) is 13.8. The second kappa shape index (κ2) is 5.48. The van der Waals surface area contributed by atoms with E-state index in [9.17, 15) is 0 Å². The fourth-order valence-electron chi connectivity index (χ4n) is 1.86. The molecule has 100 valence electrons. The minimum atomic E-state index is 0.251. The Morgan fingerprint density at radius 1 is 1.00 bits per heavy atom. The lowest BCUT2D eigenvalue weighted by Gasteiger charge is -2.05. The van der Waals surface area contributed by atoms with Gasteiger partial charge in [0, 0.05) is 5.56 Å². The van der Waals surface area contributed by atoms with Crippen molar-refractivity contribution in [2.24, 2.45) is 0 Å². The van der Waals surface area contributed by atoms with Crippen molar-refractivity contribution in [1.29, 1.82) is 0 Å². The highest BCUT2D eigenvalue weighted by molar-refractivity contribution is 5.55. The Balaban J connectivity index is 1.71. The number of benzene rings is 2. The summed E-state index contributed by atoms with van der Waals surface area (Å²) in [5.41, 5.74) is 7.40. The van der Waals surface area contributed by atoms with Crippen LogP contribution >= 0.6 is 0 Å². The molecule has 0 amide bonds. The number of hydrogen-bond donors (Lipinski definition) is 1. The van der Waals surface area contributed by atoms with Gasteiger partial charge in [0.1, 0.15) is 5.75 Å². The van der Waals surface area contributed by atoms with E-state index in [1.807, 2.05) is 48.5 Å². The summed E-state index contributed by atoms with van der Waals surface area (Å²) in [4.78, 5) is 4.20. The van der Waals surface area contributed by atoms with E-state index >= 15 is 0 Å². The summed E-state index contributed by atoms with van der Waals surface area (Å²) in [5, 5.41) is 0. The standard InChI is InChI=1S/C16H14N2O2/c17-13-8-4-5-9-14(13)19-11-16-18-10-15(20-16)12-6-2-1-3-7-12/h1-10H,11,17H2. The van der Waals surface area contributed by atoms with Gasteiger partial charge in [-0.3, -0.25) is 0 Å². The Labute approximate surface area is 116 Å². The Kier molecular flexibility index (Phi) is 3.37. The maximum atomic E-state index is 5.80. The van der Waals surface area contributed by atoms with Crippen LogP contribution in [0.1, 0.15) is 5.89 Å². The molecule has 4 nitrogen and oxygen atoms in total. The van der Waals surface area contributed by atoms with Crippen LogP contribution in [0.15, 0.2) is 65.2 Å². The van der Waals surface area contributed by atoms with E-state index in [0.29, 0.717) is 17.3 Å². The van der Waals surface area contributed by atoms with Crippen molar-refractivity contribution in [2.75, 3.05) is 5.73 Å². The molecule has 0 aliphatic heterocycles. The van der Waals surface area contributed by atoms with Crippen molar-refractivity contribution >= 4 is 5.69 Å². The van der Waals surface area contributed by atoms with Crippen molar-refractivity contribution in [3.63, 3.8) is 0 Å². The topological polar surface area (TPSA) is 61.3 Å². The summed E-state index contributed by atoms with van der Waals surface area (Å²) < 4.78 is 11.2. The van der Waals surface area contributed by atoms with Crippen molar-refractivity contribution < 1.29 is 9.15 Å². The molecule has 1 aromatic heterocycles. The first-order valence-corrected chi connectivity index (χ1v) is 6.30. The summed E-state index contributed by atoms with van der Waals surface area (Å²) >= 11 is 0. The van der Waals surface area contributed by atoms with E-state index in [1.165, 1.54) is 0 Å². The number of para-hydroxylation sites is 2. The van der Waals surface area contributed by atoms with Crippen molar-refractivity contribution in [1.82, 2.24) is 4.98 Å². The molecule has 2 aromatic carbocycles. The Hall–Kier alpha value is -2.75. The molecular weight excluding hydrogens is 252 g/mol. The van der Waals surface area contributed by atoms with Gasteiger partial charge in [0.15, 0.2) is 12.4 Å². The van der Waals surface area contributed by atoms with Crippen molar-refractivity contribution in [2.45, 2.75) is 6.61 Å². The molecule has 0 spiro atoms. The van der Waals surface area contributed by atoms with Crippen molar-refractivity contribution in [3.8, 4) is 17.1 Å². The van der Waals surface area contributed by atoms with E-state index in [2.05, 4.69) is 4.98 Å². The first kappa shape index (κ1) is 12.3. The van der Waals surface area contributed by atoms with Crippen LogP contribution in [0.3, 0.4) is 0 Å². The normalized spacial score (nSPS) is 10.4. The number of hydrogen-bond acceptors (Lipinski definition) is 4. The molecule has 20 heavy (non-hydrogen) atoms. The van der Waals surface area contributed by atoms with Crippen LogP contribution in [0.25, 0.3) is 11.3 Å². The summed E-state index contributed by atoms with van der Waals surface area (Å²) in [6, 6.07) is 17.2. The molecule has 0 atom stereocenters. The lowest BCUT2D eigenvalue weighted by atomic mass is 10.2. The van der Waals surface area contributed by atoms with Crippen LogP contribution in [0.2, 0.25) is 0 Å². The fraction of sp³-hybridized carbons (Fsp3) is 0.0625. The van der Waals surface area contributed by atoms with Gasteiger partial charge in [0.2, 0.25) is 5.89 Å². The van der Waals surface area contributed by atoms with E-state index < -0.39 is 0 Å². The summed E-state index contributed by atoms with van der Waals surface area (Å²) in [6.45, 7) is 0.251. The Morgan fingerprint density at radius 3 is 2.55 bits per heavy atom. The molecule has 4 heteroatoms. The predicted molar refractivity (Wildman–Crippen MR) is 77.1 cm³/mol. The zero-order valence-electron chi connectivity index (χ0n) is 10.8. The van der Waals surface area contributed by atoms with Gasteiger partial charge in [0.05, 0.1) is 11.9 Å². The smallest absolute Gasteiger partial charge is 0.232 e. The van der Waals surface area contributed by atoms with Gasteiger partial charge in [-0.25, -0.2) is 4.98 Å². The SMILES string of the molecule is Nc1ccccc1OCc1ncc(-c2ccccc2)o1. The van der Waals surface area contributed by atoms with Crippen LogP contribution in [0.5, 0.6) is 5.75 Å². The lowest BCUT2D eigenvalue weighted by molar-refractivity contribution is 0.266. The quantitative estimate of drug-likeness (QED) is 0.734. The number of anilines is 1. The van der Waals surface area contributed by atoms with Crippen LogP contribution < -0.4 is 10.5 Å². The number of nitrogen functional groups attached to an aromatic ring is 1. The summed E-state index contributed by atoms with van der Waals surface area (Å²) in [6.07, 6.45) is 1.70. The molecule has 0 aliphatic carbocycles. The third kappa shape index (κ3) is 2.64. The van der Waals surface area contributed by atoms with Crippen LogP contribution in [-0.4, -0.2) is 4.98 Å². The van der Waals surface area contributed by atoms with Gasteiger partial charge in [-0.2, -0.15) is 0 Å². The van der Waals surface area contributed by atoms with Crippen LogP contribution in [-0.2, 0) is 6.61 Å². The second-order valence-corrected chi connectivity index (χ2v) is 4.31. The van der Waals surface area contributed by atoms with E-state index in [1.54, 1.807) is 12.3 Å². The largest absolute Gasteiger partial charge is 0.482 e. The number of aromatic nitrogens is 1. The number of nitrogens with two attached hydrogens (primary N) is 1. The van der Waals surface area contributed by atoms with Gasteiger partial charge in [-0.05, 0) is 12.1 Å². The number of nitrogens with zero attached hydrogens (tertiary/aromatic N) is 1. The van der Waals surface area contributed by atoms with Crippen LogP contribution in [0.4, 0.5) is 5.69 Å². The highest BCUT2D eigenvalue weighted by Gasteiger charge is 2.07. The molecule has 0 fully saturated rings. The molecule has 0 bridgehead atoms. The maximum absolute atomic E-state index is 5.80. The molecule has 0 aliphatic rings. The van der Waals surface area contributed by atoms with Gasteiger partial charge in [0.25, 0.3) is 0 Å². The van der Waals surface area contributed by atoms with Gasteiger partial charge in [-0.1, -0.05) is 42.5 Å². The average Bonchev–Trinajstić information content (AvgIpc) is 2.96. The van der Waals surface area contributed by atoms with Gasteiger partial charge in [-0.15, -0.1) is 0 Å². The summed E-state index contributed by atoms with van der Waals surface area (Å²) in [7, 11) is 0. The molecule has 3 rings (SSSR count). The highest BCUT2D eigenvalue weighted by atomic mass is 16.5. The average molecular weight is 266 g/mol. The first-order valence-electron chi connectivity index (χ1n) is 6.30. The van der Waals surface area contributed by atoms with Gasteiger partial charge < -0.3 is 14.9 Å². The van der Waals surface area contributed by atoms with Crippen LogP contribution in [0, 0.1) is 0 Å². The monoisotopic (exact) mass is 266 g/mol. The molecule has 0 saturated carbocycles. The molecule has 0 unspecified atom stereocenters. The Morgan fingerprint density at radius 2 is 1.75 bits per heavy atom. The van der Waals surface area contributed by atoms with Crippen molar-refractivity contribution in [3.05, 3.63) is 66.7 Å². The predicted octanol–water partition coefficient (Wildman–Crippen LogP) is 3.50. The third-order valence-electron chi connectivity index (χ3n) is 2.88. The zero-order valence-corrected chi connectivity index (χ0v) is 10.8. The fourth-order valence-corrected chi connectivity index (χ4v) is 1.86. The second-order valence-electron chi connectivity index (χ2n) is 4.31. The van der Waals surface area contributed by atoms with Gasteiger partial charge >= 0.3 is 0 Å². The van der Waals surface area contributed by atoms with E-state index in [-0.39, 0.29) is 6.61 Å². The lowest BCUT2D eigenvalue weighted by Crippen LogP contribution is -1.98. The number of rotatable bonds is 4. The minimum absolute atomic E-state index is 0.251. The minimum Gasteiger partial charge on any atom is -0.482 e. The highest BCUT2D eigenvalue weighted by Crippen LogP contribution is 2.23. The molecule has 3 aromatic rings. The van der Waals surface area contributed by atoms with E-state index in [0.717, 1.165) is 11.3 Å². The molecule has 1 heterocycles.